The summed E-state index contributed by atoms with van der Waals surface area (Å²) in [5, 5.41) is 18.8. The summed E-state index contributed by atoms with van der Waals surface area (Å²) in [5.74, 6) is -0.398. The van der Waals surface area contributed by atoms with Crippen molar-refractivity contribution >= 4 is 9.84 Å². The topological polar surface area (TPSA) is 74.6 Å². The van der Waals surface area contributed by atoms with Crippen LogP contribution in [-0.2, 0) is 9.84 Å². The number of aryl methyl sites for hydroxylation is 1. The van der Waals surface area contributed by atoms with Crippen LogP contribution in [0.4, 0.5) is 0 Å². The molecule has 23 heavy (non-hydrogen) atoms. The SMILES string of the molecule is Cc1ccc(S(=O)(=O)[C@@H]2[C@H](c3ccccc3)C2(CO)CO)cc1. The molecule has 3 rings (SSSR count). The van der Waals surface area contributed by atoms with Gasteiger partial charge in [0.1, 0.15) is 0 Å². The van der Waals surface area contributed by atoms with Gasteiger partial charge in [-0.15, -0.1) is 0 Å². The van der Waals surface area contributed by atoms with E-state index in [4.69, 9.17) is 0 Å². The minimum Gasteiger partial charge on any atom is -0.396 e. The van der Waals surface area contributed by atoms with E-state index in [1.54, 1.807) is 24.3 Å². The van der Waals surface area contributed by atoms with Crippen molar-refractivity contribution in [3.05, 3.63) is 65.7 Å². The molecule has 1 fully saturated rings. The van der Waals surface area contributed by atoms with E-state index in [1.807, 2.05) is 37.3 Å². The van der Waals surface area contributed by atoms with E-state index in [2.05, 4.69) is 0 Å². The first-order valence-electron chi connectivity index (χ1n) is 7.54. The summed E-state index contributed by atoms with van der Waals surface area (Å²) in [5.41, 5.74) is 0.789. The second kappa shape index (κ2) is 5.74. The molecule has 0 unspecified atom stereocenters. The highest BCUT2D eigenvalue weighted by Crippen LogP contribution is 2.63. The predicted octanol–water partition coefficient (Wildman–Crippen LogP) is 1.91. The molecule has 0 spiro atoms. The average Bonchev–Trinajstić information content (AvgIpc) is 3.27. The van der Waals surface area contributed by atoms with Crippen molar-refractivity contribution in [3.8, 4) is 0 Å². The largest absolute Gasteiger partial charge is 0.396 e. The molecule has 2 atom stereocenters. The molecule has 2 N–H and O–H groups in total. The molecule has 5 heteroatoms. The lowest BCUT2D eigenvalue weighted by Crippen LogP contribution is -2.23. The Morgan fingerprint density at radius 2 is 1.52 bits per heavy atom. The fourth-order valence-corrected chi connectivity index (χ4v) is 5.84. The first-order chi connectivity index (χ1) is 11.0. The number of benzene rings is 2. The van der Waals surface area contributed by atoms with Gasteiger partial charge in [-0.25, -0.2) is 8.42 Å². The lowest BCUT2D eigenvalue weighted by atomic mass is 10.0. The molecular formula is C18H20O4S. The third-order valence-electron chi connectivity index (χ3n) is 4.81. The van der Waals surface area contributed by atoms with E-state index in [-0.39, 0.29) is 18.1 Å². The monoisotopic (exact) mass is 332 g/mol. The maximum Gasteiger partial charge on any atom is 0.182 e. The highest BCUT2D eigenvalue weighted by molar-refractivity contribution is 7.92. The lowest BCUT2D eigenvalue weighted by Gasteiger charge is -2.11. The van der Waals surface area contributed by atoms with E-state index >= 15 is 0 Å². The van der Waals surface area contributed by atoms with Gasteiger partial charge in [-0.3, -0.25) is 0 Å². The molecule has 0 amide bonds. The molecule has 0 aromatic heterocycles. The van der Waals surface area contributed by atoms with Crippen LogP contribution in [0.25, 0.3) is 0 Å². The van der Waals surface area contributed by atoms with Crippen molar-refractivity contribution in [2.45, 2.75) is 23.0 Å². The van der Waals surface area contributed by atoms with Gasteiger partial charge in [0.25, 0.3) is 0 Å². The molecule has 0 aliphatic heterocycles. The van der Waals surface area contributed by atoms with Gasteiger partial charge in [-0.1, -0.05) is 48.0 Å². The summed E-state index contributed by atoms with van der Waals surface area (Å²) in [6, 6.07) is 15.9. The molecule has 2 aromatic carbocycles. The van der Waals surface area contributed by atoms with E-state index in [0.717, 1.165) is 11.1 Å². The van der Waals surface area contributed by atoms with Crippen molar-refractivity contribution < 1.29 is 18.6 Å². The standard InChI is InChI=1S/C18H20O4S/c1-13-7-9-15(10-8-13)23(21,22)17-16(18(17,11-19)12-20)14-5-3-2-4-6-14/h2-10,16-17,19-20H,11-12H2,1H3/t16-,17+/m0/s1. The average molecular weight is 332 g/mol. The van der Waals surface area contributed by atoms with Crippen LogP contribution in [0.5, 0.6) is 0 Å². The van der Waals surface area contributed by atoms with Crippen LogP contribution in [0.3, 0.4) is 0 Å². The molecule has 4 nitrogen and oxygen atoms in total. The summed E-state index contributed by atoms with van der Waals surface area (Å²) in [4.78, 5) is 0.234. The predicted molar refractivity (Wildman–Crippen MR) is 87.9 cm³/mol. The fourth-order valence-electron chi connectivity index (χ4n) is 3.41. The van der Waals surface area contributed by atoms with Gasteiger partial charge in [0.05, 0.1) is 23.4 Å². The highest BCUT2D eigenvalue weighted by atomic mass is 32.2. The molecule has 0 saturated heterocycles. The molecule has 2 aromatic rings. The highest BCUT2D eigenvalue weighted by Gasteiger charge is 2.70. The summed E-state index contributed by atoms with van der Waals surface area (Å²) in [6.45, 7) is 1.17. The first kappa shape index (κ1) is 16.2. The Balaban J connectivity index is 2.05. The Morgan fingerprint density at radius 3 is 2.04 bits per heavy atom. The van der Waals surface area contributed by atoms with Crippen LogP contribution >= 0.6 is 0 Å². The zero-order valence-corrected chi connectivity index (χ0v) is 13.7. The third kappa shape index (κ3) is 2.49. The maximum atomic E-state index is 13.0. The summed E-state index contributed by atoms with van der Waals surface area (Å²) < 4.78 is 26.0. The van der Waals surface area contributed by atoms with Gasteiger partial charge in [0, 0.05) is 11.3 Å². The molecule has 1 aliphatic carbocycles. The molecule has 1 aliphatic rings. The van der Waals surface area contributed by atoms with E-state index in [9.17, 15) is 18.6 Å². The quantitative estimate of drug-likeness (QED) is 0.877. The number of sulfone groups is 1. The minimum atomic E-state index is -3.63. The Bertz CT molecular complexity index is 778. The van der Waals surface area contributed by atoms with Crippen molar-refractivity contribution in [2.24, 2.45) is 5.41 Å². The van der Waals surface area contributed by atoms with Gasteiger partial charge in [-0.05, 0) is 24.6 Å². The number of aliphatic hydroxyl groups is 2. The zero-order valence-electron chi connectivity index (χ0n) is 12.9. The van der Waals surface area contributed by atoms with Crippen LogP contribution in [0.2, 0.25) is 0 Å². The Hall–Kier alpha value is -1.69. The molecule has 122 valence electrons. The summed E-state index contributed by atoms with van der Waals surface area (Å²) >= 11 is 0. The zero-order chi connectivity index (χ0) is 16.7. The van der Waals surface area contributed by atoms with Gasteiger partial charge in [0.2, 0.25) is 0 Å². The third-order valence-corrected chi connectivity index (χ3v) is 7.15. The van der Waals surface area contributed by atoms with Crippen LogP contribution in [0, 0.1) is 12.3 Å². The van der Waals surface area contributed by atoms with E-state index in [1.165, 1.54) is 0 Å². The molecule has 1 saturated carbocycles. The normalized spacial score (nSPS) is 22.7. The summed E-state index contributed by atoms with van der Waals surface area (Å²) in [7, 11) is -3.63. The Kier molecular flexibility index (Phi) is 4.04. The van der Waals surface area contributed by atoms with E-state index < -0.39 is 26.4 Å². The van der Waals surface area contributed by atoms with Gasteiger partial charge in [0.15, 0.2) is 9.84 Å². The summed E-state index contributed by atoms with van der Waals surface area (Å²) in [6.07, 6.45) is 0. The lowest BCUT2D eigenvalue weighted by molar-refractivity contribution is 0.130. The van der Waals surface area contributed by atoms with Crippen LogP contribution < -0.4 is 0 Å². The molecule has 0 heterocycles. The van der Waals surface area contributed by atoms with Crippen molar-refractivity contribution in [1.82, 2.24) is 0 Å². The van der Waals surface area contributed by atoms with Crippen LogP contribution in [0.15, 0.2) is 59.5 Å². The number of hydrogen-bond donors (Lipinski definition) is 2. The van der Waals surface area contributed by atoms with Crippen LogP contribution in [-0.4, -0.2) is 37.1 Å². The number of hydrogen-bond acceptors (Lipinski definition) is 4. The van der Waals surface area contributed by atoms with E-state index in [0.29, 0.717) is 0 Å². The van der Waals surface area contributed by atoms with Crippen molar-refractivity contribution in [1.29, 1.82) is 0 Å². The van der Waals surface area contributed by atoms with Crippen molar-refractivity contribution in [3.63, 3.8) is 0 Å². The molecular weight excluding hydrogens is 312 g/mol. The fraction of sp³-hybridized carbons (Fsp3) is 0.333. The number of rotatable bonds is 5. The Labute approximate surface area is 136 Å². The minimum absolute atomic E-state index is 0.234. The van der Waals surface area contributed by atoms with Crippen LogP contribution in [0.1, 0.15) is 17.0 Å². The first-order valence-corrected chi connectivity index (χ1v) is 9.09. The van der Waals surface area contributed by atoms with Gasteiger partial charge in [-0.2, -0.15) is 0 Å². The number of aliphatic hydroxyl groups excluding tert-OH is 2. The van der Waals surface area contributed by atoms with Gasteiger partial charge < -0.3 is 10.2 Å². The molecule has 0 radical (unpaired) electrons. The van der Waals surface area contributed by atoms with Gasteiger partial charge >= 0.3 is 0 Å². The second-order valence-corrected chi connectivity index (χ2v) is 8.29. The maximum absolute atomic E-state index is 13.0. The molecule has 0 bridgehead atoms. The van der Waals surface area contributed by atoms with Crippen molar-refractivity contribution in [2.75, 3.05) is 13.2 Å². The Morgan fingerprint density at radius 1 is 0.957 bits per heavy atom. The smallest absolute Gasteiger partial charge is 0.182 e. The second-order valence-electron chi connectivity index (χ2n) is 6.22.